The fraction of sp³-hybridized carbons (Fsp3) is 0.257. The summed E-state index contributed by atoms with van der Waals surface area (Å²) in [5.74, 6) is -0.285. The Hall–Kier alpha value is -4.34. The first-order valence-corrected chi connectivity index (χ1v) is 16.5. The number of amides is 2. The van der Waals surface area contributed by atoms with E-state index in [0.29, 0.717) is 23.7 Å². The second-order valence-corrected chi connectivity index (χ2v) is 12.9. The zero-order chi connectivity index (χ0) is 32.4. The second-order valence-electron chi connectivity index (χ2n) is 10.6. The first kappa shape index (κ1) is 33.6. The Morgan fingerprint density at radius 3 is 2.20 bits per heavy atom. The van der Waals surface area contributed by atoms with Gasteiger partial charge in [0.1, 0.15) is 18.3 Å². The normalized spacial score (nSPS) is 11.8. The first-order valence-electron chi connectivity index (χ1n) is 14.7. The summed E-state index contributed by atoms with van der Waals surface area (Å²) >= 11 is 6.44. The van der Waals surface area contributed by atoms with Crippen molar-refractivity contribution in [2.45, 2.75) is 44.2 Å². The topological polar surface area (TPSA) is 96.0 Å². The van der Waals surface area contributed by atoms with Crippen molar-refractivity contribution in [3.05, 3.63) is 125 Å². The number of halogens is 1. The van der Waals surface area contributed by atoms with E-state index in [4.69, 9.17) is 16.3 Å². The highest BCUT2D eigenvalue weighted by Gasteiger charge is 2.34. The van der Waals surface area contributed by atoms with Gasteiger partial charge in [0.2, 0.25) is 11.8 Å². The van der Waals surface area contributed by atoms with Crippen LogP contribution in [0, 0.1) is 6.92 Å². The average Bonchev–Trinajstić information content (AvgIpc) is 3.06. The van der Waals surface area contributed by atoms with Crippen LogP contribution in [0.3, 0.4) is 0 Å². The van der Waals surface area contributed by atoms with Gasteiger partial charge >= 0.3 is 0 Å². The molecule has 0 saturated carbocycles. The van der Waals surface area contributed by atoms with Gasteiger partial charge in [0.05, 0.1) is 17.7 Å². The largest absolute Gasteiger partial charge is 0.497 e. The lowest BCUT2D eigenvalue weighted by Gasteiger charge is -2.34. The number of rotatable bonds is 14. The van der Waals surface area contributed by atoms with Gasteiger partial charge in [-0.15, -0.1) is 0 Å². The molecule has 0 heterocycles. The second kappa shape index (κ2) is 15.6. The fourth-order valence-corrected chi connectivity index (χ4v) is 6.47. The third-order valence-electron chi connectivity index (χ3n) is 7.36. The van der Waals surface area contributed by atoms with E-state index in [1.54, 1.807) is 55.6 Å². The number of ether oxygens (including phenoxy) is 1. The molecule has 0 spiro atoms. The molecule has 4 rings (SSSR count). The summed E-state index contributed by atoms with van der Waals surface area (Å²) in [4.78, 5) is 29.7. The standard InChI is InChI=1S/C35H38ClN3O5S/c1-4-20-37-35(41)33(22-27-12-7-5-8-13-27)38(24-28-14-11-15-30(21-28)44-3)34(40)25-39(29-19-18-26(2)32(36)23-29)45(42,43)31-16-9-6-10-17-31/h5-19,21,23,33H,4,20,22,24-25H2,1-3H3,(H,37,41)/t33-/m1/s1. The van der Waals surface area contributed by atoms with Crippen molar-refractivity contribution in [2.24, 2.45) is 0 Å². The number of hydrogen-bond acceptors (Lipinski definition) is 5. The number of anilines is 1. The van der Waals surface area contributed by atoms with Crippen molar-refractivity contribution >= 4 is 39.1 Å². The lowest BCUT2D eigenvalue weighted by Crippen LogP contribution is -2.53. The third-order valence-corrected chi connectivity index (χ3v) is 9.56. The Balaban J connectivity index is 1.81. The molecule has 0 unspecified atom stereocenters. The molecule has 0 aromatic heterocycles. The quantitative estimate of drug-likeness (QED) is 0.181. The first-order chi connectivity index (χ1) is 21.6. The van der Waals surface area contributed by atoms with Crippen LogP contribution in [0.2, 0.25) is 5.02 Å². The predicted octanol–water partition coefficient (Wildman–Crippen LogP) is 6.02. The maximum atomic E-state index is 14.5. The average molecular weight is 648 g/mol. The number of carbonyl (C=O) groups is 2. The molecule has 8 nitrogen and oxygen atoms in total. The molecule has 0 fully saturated rings. The van der Waals surface area contributed by atoms with E-state index in [1.165, 1.54) is 23.1 Å². The Morgan fingerprint density at radius 2 is 1.56 bits per heavy atom. The molecule has 4 aromatic carbocycles. The van der Waals surface area contributed by atoms with Gasteiger partial charge in [-0.2, -0.15) is 0 Å². The molecule has 1 atom stereocenters. The van der Waals surface area contributed by atoms with Crippen LogP contribution in [0.15, 0.2) is 108 Å². The van der Waals surface area contributed by atoms with Gasteiger partial charge in [0.15, 0.2) is 0 Å². The van der Waals surface area contributed by atoms with Gasteiger partial charge in [-0.25, -0.2) is 8.42 Å². The lowest BCUT2D eigenvalue weighted by molar-refractivity contribution is -0.140. The van der Waals surface area contributed by atoms with Crippen LogP contribution in [-0.4, -0.2) is 51.4 Å². The summed E-state index contributed by atoms with van der Waals surface area (Å²) in [6.07, 6.45) is 0.943. The van der Waals surface area contributed by atoms with Crippen LogP contribution in [0.4, 0.5) is 5.69 Å². The smallest absolute Gasteiger partial charge is 0.264 e. The molecule has 0 aliphatic heterocycles. The third kappa shape index (κ3) is 8.65. The molecule has 0 saturated heterocycles. The summed E-state index contributed by atoms with van der Waals surface area (Å²) < 4.78 is 34.6. The number of hydrogen-bond donors (Lipinski definition) is 1. The molecule has 0 radical (unpaired) electrons. The number of nitrogens with zero attached hydrogens (tertiary/aromatic N) is 2. The molecular weight excluding hydrogens is 610 g/mol. The van der Waals surface area contributed by atoms with Gasteiger partial charge in [-0.1, -0.05) is 85.3 Å². The van der Waals surface area contributed by atoms with Gasteiger partial charge in [0, 0.05) is 24.5 Å². The van der Waals surface area contributed by atoms with E-state index < -0.39 is 28.5 Å². The summed E-state index contributed by atoms with van der Waals surface area (Å²) in [5.41, 5.74) is 2.58. The van der Waals surface area contributed by atoms with Crippen LogP contribution in [0.5, 0.6) is 5.75 Å². The van der Waals surface area contributed by atoms with Crippen molar-refractivity contribution in [3.8, 4) is 5.75 Å². The van der Waals surface area contributed by atoms with E-state index in [1.807, 2.05) is 50.2 Å². The van der Waals surface area contributed by atoms with Crippen LogP contribution in [0.1, 0.15) is 30.0 Å². The number of benzene rings is 4. The zero-order valence-electron chi connectivity index (χ0n) is 25.6. The Labute approximate surface area is 270 Å². The van der Waals surface area contributed by atoms with Gasteiger partial charge in [-0.05, 0) is 66.4 Å². The van der Waals surface area contributed by atoms with Gasteiger partial charge in [-0.3, -0.25) is 13.9 Å². The maximum absolute atomic E-state index is 14.5. The van der Waals surface area contributed by atoms with E-state index >= 15 is 0 Å². The highest BCUT2D eigenvalue weighted by atomic mass is 35.5. The van der Waals surface area contributed by atoms with E-state index in [-0.39, 0.29) is 29.5 Å². The molecule has 45 heavy (non-hydrogen) atoms. The number of carbonyl (C=O) groups excluding carboxylic acids is 2. The van der Waals surface area contributed by atoms with Gasteiger partial charge in [0.25, 0.3) is 10.0 Å². The summed E-state index contributed by atoms with van der Waals surface area (Å²) in [6, 6.07) is 28.5. The molecule has 10 heteroatoms. The minimum atomic E-state index is -4.21. The summed E-state index contributed by atoms with van der Waals surface area (Å²) in [5, 5.41) is 3.31. The van der Waals surface area contributed by atoms with Crippen molar-refractivity contribution in [3.63, 3.8) is 0 Å². The highest BCUT2D eigenvalue weighted by Crippen LogP contribution is 2.29. The Kier molecular flexibility index (Phi) is 11.6. The van der Waals surface area contributed by atoms with E-state index in [9.17, 15) is 18.0 Å². The highest BCUT2D eigenvalue weighted by molar-refractivity contribution is 7.92. The minimum Gasteiger partial charge on any atom is -0.497 e. The molecule has 0 aliphatic rings. The zero-order valence-corrected chi connectivity index (χ0v) is 27.2. The molecule has 2 amide bonds. The predicted molar refractivity (Wildman–Crippen MR) is 178 cm³/mol. The Bertz CT molecular complexity index is 1700. The molecule has 236 valence electrons. The molecule has 1 N–H and O–H groups in total. The SMILES string of the molecule is CCCNC(=O)[C@@H](Cc1ccccc1)N(Cc1cccc(OC)c1)C(=O)CN(c1ccc(C)c(Cl)c1)S(=O)(=O)c1ccccc1. The van der Waals surface area contributed by atoms with Crippen LogP contribution in [0.25, 0.3) is 0 Å². The van der Waals surface area contributed by atoms with Crippen molar-refractivity contribution in [1.29, 1.82) is 0 Å². The molecule has 0 bridgehead atoms. The van der Waals surface area contributed by atoms with Crippen molar-refractivity contribution in [2.75, 3.05) is 24.5 Å². The summed E-state index contributed by atoms with van der Waals surface area (Å²) in [6.45, 7) is 3.67. The molecule has 0 aliphatic carbocycles. The maximum Gasteiger partial charge on any atom is 0.264 e. The number of aryl methyl sites for hydroxylation is 1. The van der Waals surface area contributed by atoms with Crippen molar-refractivity contribution < 1.29 is 22.7 Å². The Morgan fingerprint density at radius 1 is 0.889 bits per heavy atom. The summed E-state index contributed by atoms with van der Waals surface area (Å²) in [7, 11) is -2.66. The van der Waals surface area contributed by atoms with Crippen LogP contribution < -0.4 is 14.4 Å². The van der Waals surface area contributed by atoms with Crippen molar-refractivity contribution in [1.82, 2.24) is 10.2 Å². The van der Waals surface area contributed by atoms with Gasteiger partial charge < -0.3 is 15.0 Å². The minimum absolute atomic E-state index is 0.0235. The fourth-order valence-electron chi connectivity index (χ4n) is 4.87. The van der Waals surface area contributed by atoms with E-state index in [2.05, 4.69) is 5.32 Å². The van der Waals surface area contributed by atoms with Crippen LogP contribution in [-0.2, 0) is 32.6 Å². The molecular formula is C35H38ClN3O5S. The lowest BCUT2D eigenvalue weighted by atomic mass is 10.0. The monoisotopic (exact) mass is 647 g/mol. The number of nitrogens with one attached hydrogen (secondary N) is 1. The van der Waals surface area contributed by atoms with Crippen LogP contribution >= 0.6 is 11.6 Å². The number of methoxy groups -OCH3 is 1. The molecule has 4 aromatic rings. The number of sulfonamides is 1. The van der Waals surface area contributed by atoms with E-state index in [0.717, 1.165) is 21.0 Å².